The van der Waals surface area contributed by atoms with Gasteiger partial charge in [-0.15, -0.1) is 0 Å². The summed E-state index contributed by atoms with van der Waals surface area (Å²) in [4.78, 5) is 11.3. The molecule has 2 heterocycles. The van der Waals surface area contributed by atoms with Gasteiger partial charge in [0.2, 0.25) is 0 Å². The van der Waals surface area contributed by atoms with Gasteiger partial charge >= 0.3 is 0 Å². The molecule has 0 saturated carbocycles. The van der Waals surface area contributed by atoms with E-state index in [4.69, 9.17) is 5.26 Å². The van der Waals surface area contributed by atoms with Crippen molar-refractivity contribution in [3.05, 3.63) is 42.1 Å². The van der Waals surface area contributed by atoms with E-state index in [1.54, 1.807) is 24.5 Å². The molecule has 0 fully saturated rings. The number of aromatic amines is 1. The zero-order chi connectivity index (χ0) is 11.9. The van der Waals surface area contributed by atoms with Crippen molar-refractivity contribution in [2.24, 2.45) is 0 Å². The Morgan fingerprint density at radius 2 is 2.29 bits per heavy atom. The molecule has 86 valence electrons. The molecule has 0 aliphatic heterocycles. The third-order valence-corrected chi connectivity index (χ3v) is 2.37. The maximum atomic E-state index is 8.88. The molecule has 2 aromatic rings. The fourth-order valence-electron chi connectivity index (χ4n) is 1.53. The number of hydrogen-bond donors (Lipinski definition) is 2. The SMILES string of the molecule is N#Cc1cccnc1NCCCc1ncc[nH]1. The molecular formula is C12H13N5. The molecule has 5 heteroatoms. The molecule has 0 saturated heterocycles. The maximum Gasteiger partial charge on any atom is 0.143 e. The lowest BCUT2D eigenvalue weighted by Crippen LogP contribution is -2.06. The van der Waals surface area contributed by atoms with Gasteiger partial charge in [0, 0.05) is 31.6 Å². The van der Waals surface area contributed by atoms with Crippen LogP contribution in [-0.2, 0) is 6.42 Å². The fourth-order valence-corrected chi connectivity index (χ4v) is 1.53. The summed E-state index contributed by atoms with van der Waals surface area (Å²) < 4.78 is 0. The highest BCUT2D eigenvalue weighted by atomic mass is 15.0. The summed E-state index contributed by atoms with van der Waals surface area (Å²) in [5.74, 6) is 1.63. The number of pyridine rings is 1. The Hall–Kier alpha value is -2.35. The highest BCUT2D eigenvalue weighted by molar-refractivity contribution is 5.50. The number of rotatable bonds is 5. The van der Waals surface area contributed by atoms with Crippen LogP contribution < -0.4 is 5.32 Å². The molecule has 0 aliphatic carbocycles. The van der Waals surface area contributed by atoms with E-state index >= 15 is 0 Å². The Morgan fingerprint density at radius 1 is 1.35 bits per heavy atom. The van der Waals surface area contributed by atoms with Gasteiger partial charge in [-0.3, -0.25) is 0 Å². The monoisotopic (exact) mass is 227 g/mol. The second-order valence-corrected chi connectivity index (χ2v) is 3.58. The molecule has 0 aromatic carbocycles. The van der Waals surface area contributed by atoms with E-state index in [-0.39, 0.29) is 0 Å². The topological polar surface area (TPSA) is 77.4 Å². The highest BCUT2D eigenvalue weighted by Gasteiger charge is 2.01. The number of nitrogens with one attached hydrogen (secondary N) is 2. The number of H-pyrrole nitrogens is 1. The number of hydrogen-bond acceptors (Lipinski definition) is 4. The van der Waals surface area contributed by atoms with Crippen LogP contribution in [0.4, 0.5) is 5.82 Å². The molecule has 0 atom stereocenters. The third kappa shape index (κ3) is 3.05. The maximum absolute atomic E-state index is 8.88. The van der Waals surface area contributed by atoms with Gasteiger partial charge in [0.1, 0.15) is 17.7 Å². The van der Waals surface area contributed by atoms with Crippen molar-refractivity contribution >= 4 is 5.82 Å². The first-order chi connectivity index (χ1) is 8.40. The zero-order valence-electron chi connectivity index (χ0n) is 9.35. The number of nitrogens with zero attached hydrogens (tertiary/aromatic N) is 3. The van der Waals surface area contributed by atoms with E-state index in [1.807, 2.05) is 6.20 Å². The molecular weight excluding hydrogens is 214 g/mol. The Kier molecular flexibility index (Phi) is 3.71. The molecule has 0 amide bonds. The molecule has 0 unspecified atom stereocenters. The van der Waals surface area contributed by atoms with Crippen LogP contribution in [0.2, 0.25) is 0 Å². The summed E-state index contributed by atoms with van der Waals surface area (Å²) in [5.41, 5.74) is 0.575. The number of anilines is 1. The first kappa shape index (κ1) is 11.1. The second-order valence-electron chi connectivity index (χ2n) is 3.58. The lowest BCUT2D eigenvalue weighted by Gasteiger charge is -2.05. The van der Waals surface area contributed by atoms with Crippen LogP contribution in [0.1, 0.15) is 17.8 Å². The van der Waals surface area contributed by atoms with Gasteiger partial charge in [0.25, 0.3) is 0 Å². The van der Waals surface area contributed by atoms with Gasteiger partial charge in [-0.2, -0.15) is 5.26 Å². The van der Waals surface area contributed by atoms with Crippen LogP contribution in [0.3, 0.4) is 0 Å². The van der Waals surface area contributed by atoms with Crippen molar-refractivity contribution in [2.75, 3.05) is 11.9 Å². The largest absolute Gasteiger partial charge is 0.369 e. The molecule has 5 nitrogen and oxygen atoms in total. The summed E-state index contributed by atoms with van der Waals surface area (Å²) in [7, 11) is 0. The van der Waals surface area contributed by atoms with Gasteiger partial charge in [-0.25, -0.2) is 9.97 Å². The van der Waals surface area contributed by atoms with E-state index in [2.05, 4.69) is 26.3 Å². The van der Waals surface area contributed by atoms with E-state index < -0.39 is 0 Å². The quantitative estimate of drug-likeness (QED) is 0.762. The summed E-state index contributed by atoms with van der Waals surface area (Å²) >= 11 is 0. The van der Waals surface area contributed by atoms with Crippen LogP contribution >= 0.6 is 0 Å². The van der Waals surface area contributed by atoms with Gasteiger partial charge < -0.3 is 10.3 Å². The highest BCUT2D eigenvalue weighted by Crippen LogP contribution is 2.09. The minimum absolute atomic E-state index is 0.575. The van der Waals surface area contributed by atoms with Crippen molar-refractivity contribution in [2.45, 2.75) is 12.8 Å². The van der Waals surface area contributed by atoms with Crippen molar-refractivity contribution in [1.82, 2.24) is 15.0 Å². The molecule has 2 aromatic heterocycles. The van der Waals surface area contributed by atoms with Crippen molar-refractivity contribution in [1.29, 1.82) is 5.26 Å². The smallest absolute Gasteiger partial charge is 0.143 e. The van der Waals surface area contributed by atoms with Crippen LogP contribution in [0.15, 0.2) is 30.7 Å². The van der Waals surface area contributed by atoms with Crippen molar-refractivity contribution < 1.29 is 0 Å². The van der Waals surface area contributed by atoms with E-state index in [1.165, 1.54) is 0 Å². The number of imidazole rings is 1. The van der Waals surface area contributed by atoms with Gasteiger partial charge in [0.15, 0.2) is 0 Å². The van der Waals surface area contributed by atoms with Crippen molar-refractivity contribution in [3.8, 4) is 6.07 Å². The Morgan fingerprint density at radius 3 is 3.06 bits per heavy atom. The van der Waals surface area contributed by atoms with Crippen LogP contribution in [0.5, 0.6) is 0 Å². The Balaban J connectivity index is 1.80. The molecule has 0 aliphatic rings. The van der Waals surface area contributed by atoms with Gasteiger partial charge in [-0.05, 0) is 18.6 Å². The zero-order valence-corrected chi connectivity index (χ0v) is 9.35. The predicted molar refractivity (Wildman–Crippen MR) is 64.4 cm³/mol. The van der Waals surface area contributed by atoms with Crippen LogP contribution in [0.25, 0.3) is 0 Å². The number of nitriles is 1. The third-order valence-electron chi connectivity index (χ3n) is 2.37. The molecule has 0 radical (unpaired) electrons. The van der Waals surface area contributed by atoms with Crippen LogP contribution in [-0.4, -0.2) is 21.5 Å². The van der Waals surface area contributed by atoms with E-state index in [9.17, 15) is 0 Å². The average Bonchev–Trinajstić information content (AvgIpc) is 2.88. The molecule has 0 bridgehead atoms. The lowest BCUT2D eigenvalue weighted by molar-refractivity contribution is 0.813. The first-order valence-corrected chi connectivity index (χ1v) is 5.47. The molecule has 17 heavy (non-hydrogen) atoms. The minimum Gasteiger partial charge on any atom is -0.369 e. The van der Waals surface area contributed by atoms with E-state index in [0.29, 0.717) is 11.4 Å². The normalized spacial score (nSPS) is 9.82. The lowest BCUT2D eigenvalue weighted by atomic mass is 10.2. The van der Waals surface area contributed by atoms with Crippen LogP contribution in [0, 0.1) is 11.3 Å². The van der Waals surface area contributed by atoms with Gasteiger partial charge in [-0.1, -0.05) is 0 Å². The number of aryl methyl sites for hydroxylation is 1. The summed E-state index contributed by atoms with van der Waals surface area (Å²) in [6, 6.07) is 5.61. The Bertz CT molecular complexity index is 498. The fraction of sp³-hybridized carbons (Fsp3) is 0.250. The summed E-state index contributed by atoms with van der Waals surface area (Å²) in [5, 5.41) is 12.0. The number of aromatic nitrogens is 3. The predicted octanol–water partition coefficient (Wildman–Crippen LogP) is 1.72. The summed E-state index contributed by atoms with van der Waals surface area (Å²) in [6.45, 7) is 0.770. The minimum atomic E-state index is 0.575. The summed E-state index contributed by atoms with van der Waals surface area (Å²) in [6.07, 6.45) is 7.06. The molecule has 2 N–H and O–H groups in total. The molecule has 0 spiro atoms. The van der Waals surface area contributed by atoms with Crippen molar-refractivity contribution in [3.63, 3.8) is 0 Å². The Labute approximate surface area is 99.5 Å². The van der Waals surface area contributed by atoms with E-state index in [0.717, 1.165) is 25.2 Å². The average molecular weight is 227 g/mol. The first-order valence-electron chi connectivity index (χ1n) is 5.47. The second kappa shape index (κ2) is 5.66. The molecule has 2 rings (SSSR count). The standard InChI is InChI=1S/C12H13N5/c13-9-10-3-1-5-16-12(10)17-6-2-4-11-14-7-8-15-11/h1,3,5,7-8H,2,4,6H2,(H,14,15)(H,16,17). The van der Waals surface area contributed by atoms with Gasteiger partial charge in [0.05, 0.1) is 5.56 Å².